The van der Waals surface area contributed by atoms with Gasteiger partial charge in [0.25, 0.3) is 5.91 Å². The number of para-hydroxylation sites is 1. The zero-order chi connectivity index (χ0) is 30.7. The van der Waals surface area contributed by atoms with Crippen molar-refractivity contribution in [1.29, 1.82) is 0 Å². The number of carbonyl (C=O) groups is 1. The Balaban J connectivity index is 2.61. The third-order valence-electron chi connectivity index (χ3n) is 5.35. The molecule has 16 heteroatoms. The van der Waals surface area contributed by atoms with Gasteiger partial charge in [-0.15, -0.1) is 0 Å². The van der Waals surface area contributed by atoms with E-state index >= 15 is 0 Å². The molecule has 2 aromatic rings. The highest BCUT2D eigenvalue weighted by Crippen LogP contribution is 2.70. The van der Waals surface area contributed by atoms with E-state index in [-0.39, 0.29) is 42.6 Å². The molecular weight excluding hydrogens is 596 g/mol. The fourth-order valence-corrected chi connectivity index (χ4v) is 9.78. The molecule has 228 valence electrons. The molecule has 0 fully saturated rings. The Labute approximate surface area is 240 Å². The fraction of sp³-hybridized carbons (Fsp3) is 0.440. The largest absolute Gasteiger partial charge is 0.456 e. The Hall–Kier alpha value is -2.57. The lowest BCUT2D eigenvalue weighted by molar-refractivity contribution is 0.0850. The van der Waals surface area contributed by atoms with Crippen molar-refractivity contribution in [2.24, 2.45) is 10.9 Å². The number of carbonyl (C=O) groups excluding carboxylic acids is 1. The summed E-state index contributed by atoms with van der Waals surface area (Å²) in [7, 11) is -12.3. The van der Waals surface area contributed by atoms with Crippen molar-refractivity contribution in [3.8, 4) is 11.5 Å². The van der Waals surface area contributed by atoms with Crippen LogP contribution in [0.3, 0.4) is 0 Å². The molecular formula is C25H37N3O10P2S. The standard InChI is InChI=1S/C25H37N3O10P2S/c1-6-34-39(30,35-7-2)24(40(31,36-8-3)37-9-4)18-28(19-27-26)25(29)20-15-16-22(23(17-20)41(5,32)33)38-21-13-11-10-12-14-21/h10-17,19,24H,6-9,18,26H2,1-5H3. The average molecular weight is 634 g/mol. The highest BCUT2D eigenvalue weighted by Gasteiger charge is 2.52. The molecule has 0 aliphatic carbocycles. The third-order valence-corrected chi connectivity index (χ3v) is 12.4. The van der Waals surface area contributed by atoms with E-state index in [0.717, 1.165) is 23.6 Å². The molecule has 2 aromatic carbocycles. The van der Waals surface area contributed by atoms with Crippen LogP contribution in [0.1, 0.15) is 38.1 Å². The van der Waals surface area contributed by atoms with Gasteiger partial charge in [-0.05, 0) is 58.0 Å². The van der Waals surface area contributed by atoms with Crippen molar-refractivity contribution < 1.29 is 45.2 Å². The lowest BCUT2D eigenvalue weighted by atomic mass is 10.2. The van der Waals surface area contributed by atoms with Gasteiger partial charge < -0.3 is 28.7 Å². The van der Waals surface area contributed by atoms with Crippen LogP contribution in [0.5, 0.6) is 11.5 Å². The highest BCUT2D eigenvalue weighted by atomic mass is 32.2. The van der Waals surface area contributed by atoms with Crippen LogP contribution in [0, 0.1) is 0 Å². The monoisotopic (exact) mass is 633 g/mol. The molecule has 0 heterocycles. The molecule has 0 aliphatic heterocycles. The molecule has 0 aromatic heterocycles. The Morgan fingerprint density at radius 1 is 0.927 bits per heavy atom. The summed E-state index contributed by atoms with van der Waals surface area (Å²) in [5.41, 5.74) is -0.102. The second-order valence-corrected chi connectivity index (χ2v) is 15.1. The average Bonchev–Trinajstić information content (AvgIpc) is 2.91. The lowest BCUT2D eigenvalue weighted by Gasteiger charge is -2.33. The van der Waals surface area contributed by atoms with Gasteiger partial charge >= 0.3 is 15.2 Å². The minimum Gasteiger partial charge on any atom is -0.456 e. The van der Waals surface area contributed by atoms with E-state index in [1.807, 2.05) is 0 Å². The van der Waals surface area contributed by atoms with Crippen LogP contribution >= 0.6 is 15.2 Å². The minimum atomic E-state index is -4.23. The van der Waals surface area contributed by atoms with Gasteiger partial charge in [-0.25, -0.2) is 8.42 Å². The Morgan fingerprint density at radius 3 is 1.88 bits per heavy atom. The van der Waals surface area contributed by atoms with Crippen molar-refractivity contribution in [3.63, 3.8) is 0 Å². The summed E-state index contributed by atoms with van der Waals surface area (Å²) in [6, 6.07) is 12.3. The zero-order valence-corrected chi connectivity index (χ0v) is 26.3. The number of nitrogens with two attached hydrogens (primary N) is 1. The molecule has 41 heavy (non-hydrogen) atoms. The van der Waals surface area contributed by atoms with Crippen LogP contribution < -0.4 is 10.6 Å². The van der Waals surface area contributed by atoms with Gasteiger partial charge in [-0.3, -0.25) is 18.8 Å². The molecule has 0 unspecified atom stereocenters. The van der Waals surface area contributed by atoms with Gasteiger partial charge in [0.15, 0.2) is 15.2 Å². The Bertz CT molecular complexity index is 1340. The number of hydrogen-bond acceptors (Lipinski definition) is 12. The maximum absolute atomic E-state index is 13.9. The molecule has 0 aliphatic rings. The second-order valence-electron chi connectivity index (χ2n) is 8.30. The first-order valence-corrected chi connectivity index (χ1v) is 17.9. The Morgan fingerprint density at radius 2 is 1.44 bits per heavy atom. The van der Waals surface area contributed by atoms with Crippen LogP contribution in [0.4, 0.5) is 0 Å². The first kappa shape index (κ1) is 34.6. The molecule has 0 atom stereocenters. The quantitative estimate of drug-likeness (QED) is 0.0809. The van der Waals surface area contributed by atoms with E-state index < -0.39 is 42.9 Å². The van der Waals surface area contributed by atoms with E-state index in [0.29, 0.717) is 5.75 Å². The summed E-state index contributed by atoms with van der Waals surface area (Å²) in [6.45, 7) is 5.46. The summed E-state index contributed by atoms with van der Waals surface area (Å²) in [5.74, 6) is 4.97. The van der Waals surface area contributed by atoms with E-state index in [9.17, 15) is 22.3 Å². The number of amides is 1. The first-order valence-electron chi connectivity index (χ1n) is 12.8. The maximum atomic E-state index is 13.9. The molecule has 2 rings (SSSR count). The molecule has 0 bridgehead atoms. The minimum absolute atomic E-state index is 0.00144. The number of rotatable bonds is 17. The van der Waals surface area contributed by atoms with Crippen LogP contribution in [-0.2, 0) is 37.1 Å². The van der Waals surface area contributed by atoms with Crippen molar-refractivity contribution in [3.05, 3.63) is 54.1 Å². The SMILES string of the molecule is CCOP(=O)(OCC)C(CN(C=NN)C(=O)c1ccc(Oc2ccccc2)c(S(C)(=O)=O)c1)P(=O)(OCC)OCC. The predicted molar refractivity (Wildman–Crippen MR) is 155 cm³/mol. The normalized spacial score (nSPS) is 12.6. The predicted octanol–water partition coefficient (Wildman–Crippen LogP) is 5.08. The number of nitrogens with zero attached hydrogens (tertiary/aromatic N) is 2. The number of benzene rings is 2. The van der Waals surface area contributed by atoms with Crippen LogP contribution in [-0.4, -0.2) is 70.2 Å². The lowest BCUT2D eigenvalue weighted by Crippen LogP contribution is -2.38. The van der Waals surface area contributed by atoms with Gasteiger partial charge in [-0.1, -0.05) is 18.2 Å². The van der Waals surface area contributed by atoms with E-state index in [1.54, 1.807) is 58.0 Å². The number of sulfone groups is 1. The summed E-state index contributed by atoms with van der Waals surface area (Å²) in [4.78, 5) is 14.4. The van der Waals surface area contributed by atoms with Gasteiger partial charge in [-0.2, -0.15) is 5.10 Å². The van der Waals surface area contributed by atoms with Gasteiger partial charge in [0.2, 0.25) is 0 Å². The van der Waals surface area contributed by atoms with E-state index in [2.05, 4.69) is 5.10 Å². The number of ether oxygens (including phenoxy) is 1. The van der Waals surface area contributed by atoms with E-state index in [4.69, 9.17) is 28.7 Å². The Kier molecular flexibility index (Phi) is 13.2. The molecule has 0 saturated heterocycles. The fourth-order valence-electron chi connectivity index (χ4n) is 3.75. The van der Waals surface area contributed by atoms with Gasteiger partial charge in [0.1, 0.15) is 22.7 Å². The molecule has 0 saturated carbocycles. The van der Waals surface area contributed by atoms with Gasteiger partial charge in [0.05, 0.1) is 33.0 Å². The maximum Gasteiger partial charge on any atom is 0.347 e. The molecule has 2 N–H and O–H groups in total. The van der Waals surface area contributed by atoms with E-state index in [1.165, 1.54) is 12.1 Å². The number of hydrazone groups is 1. The summed E-state index contributed by atoms with van der Waals surface area (Å²) in [5, 5.41) is 1.83. The summed E-state index contributed by atoms with van der Waals surface area (Å²) >= 11 is 0. The molecule has 0 spiro atoms. The van der Waals surface area contributed by atoms with Gasteiger partial charge in [0, 0.05) is 11.8 Å². The van der Waals surface area contributed by atoms with Crippen LogP contribution in [0.25, 0.3) is 0 Å². The zero-order valence-electron chi connectivity index (χ0n) is 23.7. The summed E-state index contributed by atoms with van der Waals surface area (Å²) in [6.07, 6.45) is 1.90. The van der Waals surface area contributed by atoms with Crippen molar-refractivity contribution >= 4 is 37.3 Å². The van der Waals surface area contributed by atoms with Crippen LogP contribution in [0.15, 0.2) is 58.5 Å². The summed E-state index contributed by atoms with van der Waals surface area (Å²) < 4.78 is 80.8. The molecule has 0 radical (unpaired) electrons. The van der Waals surface area contributed by atoms with Crippen molar-refractivity contribution in [2.75, 3.05) is 39.2 Å². The van der Waals surface area contributed by atoms with Crippen molar-refractivity contribution in [2.45, 2.75) is 38.0 Å². The molecule has 1 amide bonds. The van der Waals surface area contributed by atoms with Crippen LogP contribution in [0.2, 0.25) is 0 Å². The third kappa shape index (κ3) is 9.21. The smallest absolute Gasteiger partial charge is 0.347 e. The number of hydrogen-bond donors (Lipinski definition) is 1. The topological polar surface area (TPSA) is 173 Å². The second kappa shape index (κ2) is 15.6. The molecule has 13 nitrogen and oxygen atoms in total. The highest BCUT2D eigenvalue weighted by molar-refractivity contribution is 7.90. The first-order chi connectivity index (χ1) is 19.4. The van der Waals surface area contributed by atoms with Crippen molar-refractivity contribution in [1.82, 2.24) is 4.90 Å².